The van der Waals surface area contributed by atoms with Crippen molar-refractivity contribution in [2.24, 2.45) is 0 Å². The number of benzene rings is 2. The molecule has 0 amide bonds. The highest BCUT2D eigenvalue weighted by Gasteiger charge is 2.23. The number of Topliss-reactive ketones (excluding diaryl/α,β-unsaturated/α-hetero) is 1. The second-order valence-electron chi connectivity index (χ2n) is 5.16. The summed E-state index contributed by atoms with van der Waals surface area (Å²) in [4.78, 5) is 34.8. The number of carbonyl (C=O) groups excluding carboxylic acids is 2. The Labute approximate surface area is 142 Å². The van der Waals surface area contributed by atoms with Crippen LogP contribution in [-0.2, 0) is 4.74 Å². The number of ether oxygens (including phenoxy) is 1. The second kappa shape index (κ2) is 7.52. The van der Waals surface area contributed by atoms with Gasteiger partial charge in [-0.1, -0.05) is 0 Å². The Hall–Kier alpha value is -3.29. The van der Waals surface area contributed by atoms with Gasteiger partial charge in [-0.3, -0.25) is 14.9 Å². The quantitative estimate of drug-likeness (QED) is 0.373. The Kier molecular flexibility index (Phi) is 5.43. The third kappa shape index (κ3) is 4.17. The molecule has 0 saturated heterocycles. The van der Waals surface area contributed by atoms with E-state index in [-0.39, 0.29) is 16.8 Å². The van der Waals surface area contributed by atoms with E-state index >= 15 is 0 Å². The van der Waals surface area contributed by atoms with Crippen LogP contribution in [0.5, 0.6) is 0 Å². The Morgan fingerprint density at radius 2 is 1.84 bits per heavy atom. The summed E-state index contributed by atoms with van der Waals surface area (Å²) in [6.45, 7) is 1.37. The molecular formula is C17H15FN2O5. The topological polar surface area (TPSA) is 98.5 Å². The van der Waals surface area contributed by atoms with Gasteiger partial charge in [0.1, 0.15) is 5.82 Å². The molecule has 0 saturated carbocycles. The molecule has 1 atom stereocenters. The number of nitro groups is 1. The van der Waals surface area contributed by atoms with Gasteiger partial charge in [0.25, 0.3) is 5.69 Å². The molecule has 0 spiro atoms. The predicted molar refractivity (Wildman–Crippen MR) is 88.3 cm³/mol. The van der Waals surface area contributed by atoms with Gasteiger partial charge >= 0.3 is 5.97 Å². The average Bonchev–Trinajstić information content (AvgIpc) is 2.60. The molecule has 0 bridgehead atoms. The molecule has 2 aromatic carbocycles. The molecule has 0 aromatic heterocycles. The van der Waals surface area contributed by atoms with E-state index in [1.807, 2.05) is 0 Å². The fourth-order valence-electron chi connectivity index (χ4n) is 2.16. The van der Waals surface area contributed by atoms with Crippen LogP contribution in [0.1, 0.15) is 27.6 Å². The number of nitrogens with one attached hydrogen (secondary N) is 1. The molecule has 0 aliphatic carbocycles. The zero-order valence-electron chi connectivity index (χ0n) is 13.5. The Morgan fingerprint density at radius 1 is 1.20 bits per heavy atom. The van der Waals surface area contributed by atoms with Gasteiger partial charge in [-0.05, 0) is 37.3 Å². The lowest BCUT2D eigenvalue weighted by molar-refractivity contribution is -0.384. The lowest BCUT2D eigenvalue weighted by Crippen LogP contribution is -2.25. The van der Waals surface area contributed by atoms with Crippen molar-refractivity contribution in [3.8, 4) is 0 Å². The third-order valence-corrected chi connectivity index (χ3v) is 3.49. The number of ketones is 1. The van der Waals surface area contributed by atoms with Crippen molar-refractivity contribution in [1.82, 2.24) is 0 Å². The van der Waals surface area contributed by atoms with Crippen molar-refractivity contribution >= 4 is 23.1 Å². The highest BCUT2D eigenvalue weighted by atomic mass is 19.1. The van der Waals surface area contributed by atoms with Crippen molar-refractivity contribution in [1.29, 1.82) is 0 Å². The van der Waals surface area contributed by atoms with Gasteiger partial charge in [-0.25, -0.2) is 9.18 Å². The zero-order valence-corrected chi connectivity index (χ0v) is 13.5. The molecule has 130 valence electrons. The molecular weight excluding hydrogens is 331 g/mol. The van der Waals surface area contributed by atoms with Crippen LogP contribution in [0.15, 0.2) is 42.5 Å². The Morgan fingerprint density at radius 3 is 2.40 bits per heavy atom. The lowest BCUT2D eigenvalue weighted by Gasteiger charge is -2.14. The number of nitrogens with zero attached hydrogens (tertiary/aromatic N) is 1. The molecule has 0 radical (unpaired) electrons. The van der Waals surface area contributed by atoms with Gasteiger partial charge < -0.3 is 10.1 Å². The first kappa shape index (κ1) is 18.1. The Balaban J connectivity index is 2.20. The maximum atomic E-state index is 12.9. The van der Waals surface area contributed by atoms with Crippen LogP contribution in [0.2, 0.25) is 0 Å². The van der Waals surface area contributed by atoms with Crippen LogP contribution in [0.3, 0.4) is 0 Å². The van der Waals surface area contributed by atoms with Gasteiger partial charge in [-0.2, -0.15) is 0 Å². The summed E-state index contributed by atoms with van der Waals surface area (Å²) in [6.07, 6.45) is -1.14. The largest absolute Gasteiger partial charge is 0.451 e. The highest BCUT2D eigenvalue weighted by Crippen LogP contribution is 2.23. The number of hydrogen-bond acceptors (Lipinski definition) is 6. The number of carbonyl (C=O) groups is 2. The molecule has 7 nitrogen and oxygen atoms in total. The van der Waals surface area contributed by atoms with Gasteiger partial charge in [0, 0.05) is 30.4 Å². The van der Waals surface area contributed by atoms with E-state index < -0.39 is 28.6 Å². The Bertz CT molecular complexity index is 820. The highest BCUT2D eigenvalue weighted by molar-refractivity contribution is 6.02. The van der Waals surface area contributed by atoms with Gasteiger partial charge in [-0.15, -0.1) is 0 Å². The first-order chi connectivity index (χ1) is 11.8. The van der Waals surface area contributed by atoms with E-state index in [1.54, 1.807) is 7.05 Å². The number of rotatable bonds is 6. The van der Waals surface area contributed by atoms with E-state index in [0.717, 1.165) is 18.2 Å². The van der Waals surface area contributed by atoms with Gasteiger partial charge in [0.15, 0.2) is 6.10 Å². The normalized spacial score (nSPS) is 11.5. The summed E-state index contributed by atoms with van der Waals surface area (Å²) >= 11 is 0. The van der Waals surface area contributed by atoms with Crippen molar-refractivity contribution in [3.05, 3.63) is 69.5 Å². The van der Waals surface area contributed by atoms with Crippen molar-refractivity contribution in [2.75, 3.05) is 12.4 Å². The summed E-state index contributed by atoms with van der Waals surface area (Å²) in [5, 5.41) is 13.6. The minimum atomic E-state index is -1.14. The van der Waals surface area contributed by atoms with E-state index in [2.05, 4.69) is 5.32 Å². The molecule has 2 aromatic rings. The van der Waals surface area contributed by atoms with Crippen molar-refractivity contribution in [3.63, 3.8) is 0 Å². The third-order valence-electron chi connectivity index (χ3n) is 3.49. The number of non-ortho nitro benzene ring substituents is 1. The molecule has 0 aliphatic rings. The second-order valence-corrected chi connectivity index (χ2v) is 5.16. The fraction of sp³-hybridized carbons (Fsp3) is 0.176. The van der Waals surface area contributed by atoms with E-state index in [4.69, 9.17) is 4.74 Å². The zero-order chi connectivity index (χ0) is 18.6. The average molecular weight is 346 g/mol. The van der Waals surface area contributed by atoms with Crippen LogP contribution in [-0.4, -0.2) is 29.8 Å². The van der Waals surface area contributed by atoms with Gasteiger partial charge in [0.05, 0.1) is 10.5 Å². The number of hydrogen-bond donors (Lipinski definition) is 1. The monoisotopic (exact) mass is 346 g/mol. The maximum Gasteiger partial charge on any atom is 0.341 e. The molecule has 0 aliphatic heterocycles. The number of esters is 1. The van der Waals surface area contributed by atoms with Crippen LogP contribution in [0.25, 0.3) is 0 Å². The standard InChI is InChI=1S/C17H15FN2O5/c1-10(16(21)11-3-5-12(18)6-4-11)25-17(22)14-9-13(20(23)24)7-8-15(14)19-2/h3-10,19H,1-2H3/t10-/m0/s1. The van der Waals surface area contributed by atoms with Crippen LogP contribution < -0.4 is 5.32 Å². The summed E-state index contributed by atoms with van der Waals surface area (Å²) in [5.41, 5.74) is 0.186. The summed E-state index contributed by atoms with van der Waals surface area (Å²) < 4.78 is 18.0. The minimum absolute atomic E-state index is 0.0598. The molecule has 0 unspecified atom stereocenters. The first-order valence-electron chi connectivity index (χ1n) is 7.30. The summed E-state index contributed by atoms with van der Waals surface area (Å²) in [7, 11) is 1.55. The molecule has 25 heavy (non-hydrogen) atoms. The van der Waals surface area contributed by atoms with E-state index in [0.29, 0.717) is 5.69 Å². The SMILES string of the molecule is CNc1ccc([N+](=O)[O-])cc1C(=O)O[C@@H](C)C(=O)c1ccc(F)cc1. The molecule has 0 fully saturated rings. The maximum absolute atomic E-state index is 12.9. The minimum Gasteiger partial charge on any atom is -0.451 e. The molecule has 2 rings (SSSR count). The number of halogens is 1. The van der Waals surface area contributed by atoms with Crippen LogP contribution in [0, 0.1) is 15.9 Å². The van der Waals surface area contributed by atoms with Crippen LogP contribution >= 0.6 is 0 Å². The van der Waals surface area contributed by atoms with E-state index in [1.165, 1.54) is 31.2 Å². The number of anilines is 1. The fourth-order valence-corrected chi connectivity index (χ4v) is 2.16. The van der Waals surface area contributed by atoms with E-state index in [9.17, 15) is 24.1 Å². The smallest absolute Gasteiger partial charge is 0.341 e. The molecule has 8 heteroatoms. The lowest BCUT2D eigenvalue weighted by atomic mass is 10.1. The van der Waals surface area contributed by atoms with Crippen LogP contribution in [0.4, 0.5) is 15.8 Å². The summed E-state index contributed by atoms with van der Waals surface area (Å²) in [5.74, 6) is -1.88. The molecule has 1 N–H and O–H groups in total. The summed E-state index contributed by atoms with van der Waals surface area (Å²) in [6, 6.07) is 8.52. The number of nitro benzene ring substituents is 1. The predicted octanol–water partition coefficient (Wildman–Crippen LogP) is 3.20. The van der Waals surface area contributed by atoms with Crippen molar-refractivity contribution < 1.29 is 23.6 Å². The first-order valence-corrected chi connectivity index (χ1v) is 7.30. The van der Waals surface area contributed by atoms with Crippen molar-refractivity contribution in [2.45, 2.75) is 13.0 Å². The molecule has 0 heterocycles. The van der Waals surface area contributed by atoms with Gasteiger partial charge in [0.2, 0.25) is 5.78 Å².